The lowest BCUT2D eigenvalue weighted by atomic mass is 9.71. The van der Waals surface area contributed by atoms with Crippen LogP contribution in [0.4, 0.5) is 0 Å². The minimum absolute atomic E-state index is 0.0368. The van der Waals surface area contributed by atoms with Crippen LogP contribution in [0.5, 0.6) is 0 Å². The molecule has 1 aliphatic carbocycles. The van der Waals surface area contributed by atoms with Crippen molar-refractivity contribution in [2.75, 3.05) is 0 Å². The first kappa shape index (κ1) is 20.4. The maximum Gasteiger partial charge on any atom is 0.0801 e. The van der Waals surface area contributed by atoms with E-state index in [9.17, 15) is 5.11 Å². The van der Waals surface area contributed by atoms with E-state index in [0.717, 1.165) is 46.6 Å². The highest BCUT2D eigenvalue weighted by Gasteiger charge is 2.37. The molecule has 27 heavy (non-hydrogen) atoms. The molecule has 0 aromatic heterocycles. The quantitative estimate of drug-likeness (QED) is 0.668. The molecule has 4 heteroatoms. The second-order valence-corrected chi connectivity index (χ2v) is 8.89. The van der Waals surface area contributed by atoms with Crippen molar-refractivity contribution in [2.24, 2.45) is 11.7 Å². The highest BCUT2D eigenvalue weighted by Crippen LogP contribution is 2.40. The predicted molar refractivity (Wildman–Crippen MR) is 115 cm³/mol. The van der Waals surface area contributed by atoms with Crippen LogP contribution in [0.15, 0.2) is 54.1 Å². The summed E-state index contributed by atoms with van der Waals surface area (Å²) in [5.41, 5.74) is 10.3. The Morgan fingerprint density at radius 2 is 1.78 bits per heavy atom. The van der Waals surface area contributed by atoms with Crippen molar-refractivity contribution in [2.45, 2.75) is 51.2 Å². The summed E-state index contributed by atoms with van der Waals surface area (Å²) in [6.07, 6.45) is 2.96. The lowest BCUT2D eigenvalue weighted by molar-refractivity contribution is 0.0740. The summed E-state index contributed by atoms with van der Waals surface area (Å²) in [6.45, 7) is 4.00. The Hall–Kier alpha value is -1.32. The third-order valence-corrected chi connectivity index (χ3v) is 6.18. The summed E-state index contributed by atoms with van der Waals surface area (Å²) in [6, 6.07) is 15.7. The Balaban J connectivity index is 2.09. The van der Waals surface area contributed by atoms with Crippen LogP contribution < -0.4 is 5.73 Å². The number of halogens is 2. The molecule has 1 saturated carbocycles. The Labute approximate surface area is 172 Å². The van der Waals surface area contributed by atoms with Crippen molar-refractivity contribution in [3.63, 3.8) is 0 Å². The van der Waals surface area contributed by atoms with E-state index in [1.165, 1.54) is 0 Å². The van der Waals surface area contributed by atoms with Gasteiger partial charge in [0, 0.05) is 21.5 Å². The van der Waals surface area contributed by atoms with Crippen LogP contribution in [-0.2, 0) is 6.42 Å². The maximum absolute atomic E-state index is 11.2. The highest BCUT2D eigenvalue weighted by molar-refractivity contribution is 6.31. The number of nitrogens with two attached hydrogens (primary N) is 1. The Kier molecular flexibility index (Phi) is 6.32. The van der Waals surface area contributed by atoms with Gasteiger partial charge < -0.3 is 10.8 Å². The summed E-state index contributed by atoms with van der Waals surface area (Å²) in [4.78, 5) is 0. The first-order chi connectivity index (χ1) is 12.8. The third-order valence-electron chi connectivity index (χ3n) is 5.56. The number of aliphatic hydroxyl groups excluding tert-OH is 1. The molecular weight excluding hydrogens is 377 g/mol. The molecular formula is C23H27Cl2NO. The minimum atomic E-state index is -0.549. The molecule has 0 bridgehead atoms. The lowest BCUT2D eigenvalue weighted by Gasteiger charge is -2.40. The summed E-state index contributed by atoms with van der Waals surface area (Å²) in [5, 5.41) is 12.6. The van der Waals surface area contributed by atoms with Crippen molar-refractivity contribution in [3.05, 3.63) is 75.3 Å². The molecule has 0 radical (unpaired) electrons. The van der Waals surface area contributed by atoms with Crippen LogP contribution in [0.25, 0.3) is 5.57 Å². The molecule has 2 aromatic carbocycles. The Morgan fingerprint density at radius 3 is 2.41 bits per heavy atom. The zero-order valence-electron chi connectivity index (χ0n) is 15.9. The highest BCUT2D eigenvalue weighted by atomic mass is 35.5. The van der Waals surface area contributed by atoms with Gasteiger partial charge in [-0.2, -0.15) is 0 Å². The second-order valence-electron chi connectivity index (χ2n) is 8.04. The first-order valence-electron chi connectivity index (χ1n) is 9.45. The number of hydrogen-bond donors (Lipinski definition) is 2. The maximum atomic E-state index is 11.2. The molecule has 0 aliphatic heterocycles. The molecule has 144 valence electrons. The zero-order valence-corrected chi connectivity index (χ0v) is 17.4. The van der Waals surface area contributed by atoms with Crippen LogP contribution in [-0.4, -0.2) is 16.7 Å². The molecule has 0 amide bonds. The number of benzene rings is 2. The average molecular weight is 404 g/mol. The van der Waals surface area contributed by atoms with Gasteiger partial charge in [0.05, 0.1) is 6.10 Å². The van der Waals surface area contributed by atoms with E-state index in [1.807, 2.05) is 62.4 Å². The molecule has 0 spiro atoms. The molecule has 2 aromatic rings. The fourth-order valence-corrected chi connectivity index (χ4v) is 4.38. The summed E-state index contributed by atoms with van der Waals surface area (Å²) in [5.74, 6) is 0.0368. The zero-order chi connectivity index (χ0) is 19.6. The van der Waals surface area contributed by atoms with Crippen molar-refractivity contribution < 1.29 is 5.11 Å². The van der Waals surface area contributed by atoms with Crippen LogP contribution in [0.3, 0.4) is 0 Å². The fraction of sp³-hybridized carbons (Fsp3) is 0.391. The van der Waals surface area contributed by atoms with Crippen LogP contribution in [0.2, 0.25) is 10.0 Å². The molecule has 1 fully saturated rings. The Bertz CT molecular complexity index is 821. The first-order valence-corrected chi connectivity index (χ1v) is 10.2. The normalized spacial score (nSPS) is 22.6. The smallest absolute Gasteiger partial charge is 0.0801 e. The largest absolute Gasteiger partial charge is 0.388 e. The fourth-order valence-electron chi connectivity index (χ4n) is 4.05. The number of aliphatic hydroxyl groups is 1. The SMILES string of the molecule is CC(C)(N)C1CCCC(=C(Cc2ccccc2Cl)c2ccc(Cl)cc2)C1O. The molecule has 3 N–H and O–H groups in total. The number of allylic oxidation sites excluding steroid dienone is 1. The van der Waals surface area contributed by atoms with E-state index in [-0.39, 0.29) is 5.92 Å². The van der Waals surface area contributed by atoms with Gasteiger partial charge in [0.2, 0.25) is 0 Å². The summed E-state index contributed by atoms with van der Waals surface area (Å²) in [7, 11) is 0. The van der Waals surface area contributed by atoms with E-state index in [0.29, 0.717) is 11.4 Å². The van der Waals surface area contributed by atoms with E-state index >= 15 is 0 Å². The summed E-state index contributed by atoms with van der Waals surface area (Å²) >= 11 is 12.5. The number of rotatable bonds is 4. The van der Waals surface area contributed by atoms with Crippen molar-refractivity contribution in [3.8, 4) is 0 Å². The number of hydrogen-bond acceptors (Lipinski definition) is 2. The van der Waals surface area contributed by atoms with Crippen LogP contribution >= 0.6 is 23.2 Å². The molecule has 2 nitrogen and oxygen atoms in total. The van der Waals surface area contributed by atoms with Gasteiger partial charge in [-0.15, -0.1) is 0 Å². The van der Waals surface area contributed by atoms with E-state index in [4.69, 9.17) is 28.9 Å². The Morgan fingerprint density at radius 1 is 1.11 bits per heavy atom. The van der Waals surface area contributed by atoms with Gasteiger partial charge in [-0.3, -0.25) is 0 Å². The molecule has 1 aliphatic rings. The van der Waals surface area contributed by atoms with Crippen molar-refractivity contribution in [1.29, 1.82) is 0 Å². The van der Waals surface area contributed by atoms with E-state index < -0.39 is 11.6 Å². The van der Waals surface area contributed by atoms with E-state index in [1.54, 1.807) is 0 Å². The predicted octanol–water partition coefficient (Wildman–Crippen LogP) is 5.89. The monoisotopic (exact) mass is 403 g/mol. The standard InChI is InChI=1S/C23H27Cl2NO/c1-23(2,26)20-8-5-7-18(22(20)27)19(15-10-12-17(24)13-11-15)14-16-6-3-4-9-21(16)25/h3-4,6,9-13,20,22,27H,5,7-8,14,26H2,1-2H3. The van der Waals surface area contributed by atoms with Gasteiger partial charge in [0.25, 0.3) is 0 Å². The molecule has 3 rings (SSSR count). The third kappa shape index (κ3) is 4.75. The lowest BCUT2D eigenvalue weighted by Crippen LogP contribution is -2.48. The van der Waals surface area contributed by atoms with Gasteiger partial charge in [-0.05, 0) is 80.0 Å². The van der Waals surface area contributed by atoms with E-state index in [2.05, 4.69) is 0 Å². The summed E-state index contributed by atoms with van der Waals surface area (Å²) < 4.78 is 0. The van der Waals surface area contributed by atoms with Gasteiger partial charge >= 0.3 is 0 Å². The van der Waals surface area contributed by atoms with Crippen molar-refractivity contribution in [1.82, 2.24) is 0 Å². The second kappa shape index (κ2) is 8.36. The molecule has 2 unspecified atom stereocenters. The molecule has 0 heterocycles. The molecule has 2 atom stereocenters. The van der Waals surface area contributed by atoms with Gasteiger partial charge in [0.15, 0.2) is 0 Å². The average Bonchev–Trinajstić information content (AvgIpc) is 2.61. The van der Waals surface area contributed by atoms with Gasteiger partial charge in [-0.25, -0.2) is 0 Å². The van der Waals surface area contributed by atoms with Gasteiger partial charge in [-0.1, -0.05) is 53.5 Å². The van der Waals surface area contributed by atoms with Crippen LogP contribution in [0.1, 0.15) is 44.2 Å². The topological polar surface area (TPSA) is 46.2 Å². The van der Waals surface area contributed by atoms with Crippen LogP contribution in [0, 0.1) is 5.92 Å². The molecule has 0 saturated heterocycles. The minimum Gasteiger partial charge on any atom is -0.388 e. The van der Waals surface area contributed by atoms with Gasteiger partial charge in [0.1, 0.15) is 0 Å². The van der Waals surface area contributed by atoms with Crippen molar-refractivity contribution >= 4 is 28.8 Å².